The number of nitrogens with zero attached hydrogens (tertiary/aromatic N) is 1. The molecule has 2 aromatic rings. The minimum absolute atomic E-state index is 0.247. The van der Waals surface area contributed by atoms with E-state index in [1.54, 1.807) is 13.0 Å². The Morgan fingerprint density at radius 3 is 2.68 bits per heavy atom. The van der Waals surface area contributed by atoms with Gasteiger partial charge in [0, 0.05) is 0 Å². The van der Waals surface area contributed by atoms with Crippen LogP contribution in [0, 0.1) is 6.92 Å². The number of fused-ring (bicyclic) bond motifs is 1. The lowest BCUT2D eigenvalue weighted by atomic mass is 9.90. The first kappa shape index (κ1) is 14.6. The van der Waals surface area contributed by atoms with Crippen molar-refractivity contribution in [2.24, 2.45) is 5.10 Å². The molecule has 0 bridgehead atoms. The average Bonchev–Trinajstić information content (AvgIpc) is 2.98. The molecule has 1 aliphatic carbocycles. The van der Waals surface area contributed by atoms with Crippen molar-refractivity contribution in [1.82, 2.24) is 5.43 Å². The van der Waals surface area contributed by atoms with Crippen LogP contribution in [-0.4, -0.2) is 11.6 Å². The van der Waals surface area contributed by atoms with Crippen LogP contribution in [0.2, 0.25) is 0 Å². The second-order valence-electron chi connectivity index (χ2n) is 5.72. The lowest BCUT2D eigenvalue weighted by molar-refractivity contribution is 0.0953. The minimum atomic E-state index is -0.247. The highest BCUT2D eigenvalue weighted by Crippen LogP contribution is 2.22. The lowest BCUT2D eigenvalue weighted by Crippen LogP contribution is -2.19. The maximum absolute atomic E-state index is 12.0. The van der Waals surface area contributed by atoms with Crippen molar-refractivity contribution in [1.29, 1.82) is 0 Å². The fourth-order valence-corrected chi connectivity index (χ4v) is 2.84. The third-order valence-corrected chi connectivity index (χ3v) is 4.19. The van der Waals surface area contributed by atoms with Gasteiger partial charge >= 0.3 is 0 Å². The van der Waals surface area contributed by atoms with Gasteiger partial charge in [-0.05, 0) is 68.4 Å². The summed E-state index contributed by atoms with van der Waals surface area (Å²) in [6.45, 7) is 3.67. The van der Waals surface area contributed by atoms with Gasteiger partial charge in [0.05, 0.1) is 17.5 Å². The molecule has 0 spiro atoms. The predicted molar refractivity (Wildman–Crippen MR) is 86.2 cm³/mol. The molecule has 0 unspecified atom stereocenters. The van der Waals surface area contributed by atoms with Crippen molar-refractivity contribution in [3.8, 4) is 0 Å². The summed E-state index contributed by atoms with van der Waals surface area (Å²) in [5, 5.41) is 4.22. The van der Waals surface area contributed by atoms with E-state index in [0.717, 1.165) is 17.7 Å². The average molecular weight is 296 g/mol. The van der Waals surface area contributed by atoms with E-state index in [-0.39, 0.29) is 5.91 Å². The number of hydrogen-bond donors (Lipinski definition) is 1. The Kier molecular flexibility index (Phi) is 4.09. The van der Waals surface area contributed by atoms with Crippen molar-refractivity contribution in [3.05, 3.63) is 58.5 Å². The van der Waals surface area contributed by atoms with Crippen LogP contribution >= 0.6 is 0 Å². The molecule has 0 saturated carbocycles. The number of amides is 1. The van der Waals surface area contributed by atoms with Crippen LogP contribution in [0.4, 0.5) is 0 Å². The van der Waals surface area contributed by atoms with E-state index in [0.29, 0.717) is 11.3 Å². The number of carbonyl (C=O) groups excluding carboxylic acids is 1. The predicted octanol–water partition coefficient (Wildman–Crippen LogP) is 3.62. The first-order valence-electron chi connectivity index (χ1n) is 7.66. The molecule has 4 heteroatoms. The van der Waals surface area contributed by atoms with Gasteiger partial charge in [-0.2, -0.15) is 5.10 Å². The topological polar surface area (TPSA) is 54.6 Å². The summed E-state index contributed by atoms with van der Waals surface area (Å²) < 4.78 is 5.13. The molecule has 1 heterocycles. The van der Waals surface area contributed by atoms with Crippen molar-refractivity contribution >= 4 is 11.6 Å². The monoisotopic (exact) mass is 296 g/mol. The van der Waals surface area contributed by atoms with Gasteiger partial charge in [0.25, 0.3) is 5.91 Å². The Morgan fingerprint density at radius 2 is 1.95 bits per heavy atom. The highest BCUT2D eigenvalue weighted by atomic mass is 16.3. The summed E-state index contributed by atoms with van der Waals surface area (Å²) in [6, 6.07) is 8.11. The maximum atomic E-state index is 12.0. The molecule has 1 N–H and O–H groups in total. The molecule has 0 fully saturated rings. The van der Waals surface area contributed by atoms with E-state index in [4.69, 9.17) is 4.42 Å². The van der Waals surface area contributed by atoms with Crippen LogP contribution in [0.1, 0.15) is 52.6 Å². The zero-order chi connectivity index (χ0) is 15.5. The zero-order valence-corrected chi connectivity index (χ0v) is 13.0. The Labute approximate surface area is 130 Å². The van der Waals surface area contributed by atoms with Crippen LogP contribution < -0.4 is 5.43 Å². The van der Waals surface area contributed by atoms with Gasteiger partial charge < -0.3 is 4.42 Å². The molecule has 114 valence electrons. The fourth-order valence-electron chi connectivity index (χ4n) is 2.84. The first-order chi connectivity index (χ1) is 10.6. The Hall–Kier alpha value is -2.36. The number of hydrogen-bond acceptors (Lipinski definition) is 3. The molecule has 0 radical (unpaired) electrons. The number of rotatable bonds is 3. The normalized spacial score (nSPS) is 14.5. The van der Waals surface area contributed by atoms with Gasteiger partial charge in [0.2, 0.25) is 0 Å². The smallest absolute Gasteiger partial charge is 0.274 e. The minimum Gasteiger partial charge on any atom is -0.469 e. The number of hydrazone groups is 1. The van der Waals surface area contributed by atoms with E-state index in [9.17, 15) is 4.79 Å². The number of carbonyl (C=O) groups is 1. The molecular formula is C18H20N2O2. The highest BCUT2D eigenvalue weighted by Gasteiger charge is 2.12. The number of furan rings is 1. The molecule has 22 heavy (non-hydrogen) atoms. The molecule has 4 nitrogen and oxygen atoms in total. The summed E-state index contributed by atoms with van der Waals surface area (Å²) in [5.41, 5.74) is 7.83. The summed E-state index contributed by atoms with van der Waals surface area (Å²) in [4.78, 5) is 12.0. The molecule has 1 amide bonds. The van der Waals surface area contributed by atoms with Crippen LogP contribution in [0.25, 0.3) is 0 Å². The number of benzene rings is 1. The second kappa shape index (κ2) is 6.18. The fraction of sp³-hybridized carbons (Fsp3) is 0.333. The molecule has 1 aromatic heterocycles. The van der Waals surface area contributed by atoms with Crippen molar-refractivity contribution < 1.29 is 9.21 Å². The highest BCUT2D eigenvalue weighted by molar-refractivity contribution is 6.01. The van der Waals surface area contributed by atoms with Crippen molar-refractivity contribution in [3.63, 3.8) is 0 Å². The van der Waals surface area contributed by atoms with Gasteiger partial charge in [-0.25, -0.2) is 5.43 Å². The quantitative estimate of drug-likeness (QED) is 0.694. The molecular weight excluding hydrogens is 276 g/mol. The first-order valence-corrected chi connectivity index (χ1v) is 7.66. The van der Waals surface area contributed by atoms with E-state index < -0.39 is 0 Å². The summed E-state index contributed by atoms with van der Waals surface area (Å²) >= 11 is 0. The molecule has 0 aliphatic heterocycles. The van der Waals surface area contributed by atoms with E-state index >= 15 is 0 Å². The van der Waals surface area contributed by atoms with Gasteiger partial charge in [0.15, 0.2) is 0 Å². The molecule has 1 aromatic carbocycles. The Balaban J connectivity index is 1.74. The third-order valence-electron chi connectivity index (χ3n) is 4.19. The van der Waals surface area contributed by atoms with E-state index in [2.05, 4.69) is 28.7 Å². The van der Waals surface area contributed by atoms with Crippen LogP contribution in [0.15, 0.2) is 40.0 Å². The summed E-state index contributed by atoms with van der Waals surface area (Å²) in [5.74, 6) is 0.350. The van der Waals surface area contributed by atoms with E-state index in [1.165, 1.54) is 36.7 Å². The van der Waals surface area contributed by atoms with Crippen molar-refractivity contribution in [2.45, 2.75) is 39.5 Å². The zero-order valence-electron chi connectivity index (χ0n) is 13.0. The van der Waals surface area contributed by atoms with Gasteiger partial charge in [0.1, 0.15) is 5.76 Å². The molecule has 1 aliphatic rings. The SMILES string of the molecule is CC(=NNC(=O)c1ccoc1C)c1ccc2c(c1)CCCC2. The summed E-state index contributed by atoms with van der Waals surface area (Å²) in [6.07, 6.45) is 6.34. The maximum Gasteiger partial charge on any atom is 0.274 e. The van der Waals surface area contributed by atoms with Crippen LogP contribution in [-0.2, 0) is 12.8 Å². The van der Waals surface area contributed by atoms with Crippen molar-refractivity contribution in [2.75, 3.05) is 0 Å². The Morgan fingerprint density at radius 1 is 1.18 bits per heavy atom. The van der Waals surface area contributed by atoms with Gasteiger partial charge in [-0.15, -0.1) is 0 Å². The second-order valence-corrected chi connectivity index (χ2v) is 5.72. The molecule has 3 rings (SSSR count). The van der Waals surface area contributed by atoms with E-state index in [1.807, 2.05) is 6.92 Å². The number of nitrogens with one attached hydrogen (secondary N) is 1. The molecule has 0 atom stereocenters. The van der Waals surface area contributed by atoms with Gasteiger partial charge in [-0.1, -0.05) is 12.1 Å². The molecule has 0 saturated heterocycles. The standard InChI is InChI=1S/C18H20N2O2/c1-12(19-20-18(21)17-9-10-22-13(17)2)15-8-7-14-5-3-4-6-16(14)11-15/h7-11H,3-6H2,1-2H3,(H,20,21). The van der Waals surface area contributed by atoms with Crippen LogP contribution in [0.5, 0.6) is 0 Å². The number of aryl methyl sites for hydroxylation is 3. The largest absolute Gasteiger partial charge is 0.469 e. The van der Waals surface area contributed by atoms with Gasteiger partial charge in [-0.3, -0.25) is 4.79 Å². The third kappa shape index (κ3) is 2.96. The van der Waals surface area contributed by atoms with Crippen LogP contribution in [0.3, 0.4) is 0 Å². The lowest BCUT2D eigenvalue weighted by Gasteiger charge is -2.16. The Bertz CT molecular complexity index is 728. The summed E-state index contributed by atoms with van der Waals surface area (Å²) in [7, 11) is 0.